The number of aromatic nitrogens is 1. The van der Waals surface area contributed by atoms with Crippen molar-refractivity contribution in [1.82, 2.24) is 4.98 Å². The first-order chi connectivity index (χ1) is 5.59. The summed E-state index contributed by atoms with van der Waals surface area (Å²) in [5.41, 5.74) is 0.793. The summed E-state index contributed by atoms with van der Waals surface area (Å²) in [6.45, 7) is -1.14. The van der Waals surface area contributed by atoms with Crippen molar-refractivity contribution in [3.05, 3.63) is 22.8 Å². The molecule has 0 aromatic carbocycles. The highest BCUT2D eigenvalue weighted by atomic mass is 35.5. The Morgan fingerprint density at radius 3 is 2.75 bits per heavy atom. The quantitative estimate of drug-likeness (QED) is 0.721. The Balaban J connectivity index is 2.86. The van der Waals surface area contributed by atoms with Crippen LogP contribution < -0.4 is 4.74 Å². The molecule has 0 radical (unpaired) electrons. The van der Waals surface area contributed by atoms with Crippen LogP contribution in [0.3, 0.4) is 0 Å². The van der Waals surface area contributed by atoms with Gasteiger partial charge in [0.05, 0.1) is 0 Å². The standard InChI is InChI=1S/C7H6ClF2NO/c1-4-2-5(8)6(11-3-4)12-7(9)10/h2-3,7H,1H3. The van der Waals surface area contributed by atoms with Gasteiger partial charge in [-0.2, -0.15) is 8.78 Å². The average Bonchev–Trinajstić information content (AvgIpc) is 1.94. The highest BCUT2D eigenvalue weighted by molar-refractivity contribution is 6.31. The average molecular weight is 194 g/mol. The Bertz CT molecular complexity index is 280. The topological polar surface area (TPSA) is 22.1 Å². The summed E-state index contributed by atoms with van der Waals surface area (Å²) in [5.74, 6) is -0.239. The van der Waals surface area contributed by atoms with E-state index < -0.39 is 6.61 Å². The lowest BCUT2D eigenvalue weighted by Gasteiger charge is -2.04. The maximum absolute atomic E-state index is 11.7. The molecule has 1 aromatic rings. The van der Waals surface area contributed by atoms with Gasteiger partial charge < -0.3 is 4.74 Å². The van der Waals surface area contributed by atoms with E-state index in [1.807, 2.05) is 0 Å². The van der Waals surface area contributed by atoms with Crippen molar-refractivity contribution in [1.29, 1.82) is 0 Å². The molecule has 0 aliphatic carbocycles. The van der Waals surface area contributed by atoms with Crippen LogP contribution in [0.1, 0.15) is 5.56 Å². The van der Waals surface area contributed by atoms with Gasteiger partial charge in [-0.15, -0.1) is 0 Å². The van der Waals surface area contributed by atoms with Crippen molar-refractivity contribution >= 4 is 11.6 Å². The Kier molecular flexibility index (Phi) is 2.81. The molecular formula is C7H6ClF2NO. The van der Waals surface area contributed by atoms with E-state index in [0.717, 1.165) is 5.56 Å². The van der Waals surface area contributed by atoms with Gasteiger partial charge in [0.1, 0.15) is 5.02 Å². The van der Waals surface area contributed by atoms with Crippen LogP contribution in [-0.4, -0.2) is 11.6 Å². The summed E-state index contributed by atoms with van der Waals surface area (Å²) >= 11 is 5.55. The van der Waals surface area contributed by atoms with Crippen molar-refractivity contribution in [2.24, 2.45) is 0 Å². The minimum atomic E-state index is -2.89. The van der Waals surface area contributed by atoms with Crippen molar-refractivity contribution < 1.29 is 13.5 Å². The first kappa shape index (κ1) is 9.19. The van der Waals surface area contributed by atoms with Gasteiger partial charge in [0.2, 0.25) is 5.88 Å². The number of hydrogen-bond donors (Lipinski definition) is 0. The molecular weight excluding hydrogens is 188 g/mol. The van der Waals surface area contributed by atoms with Crippen molar-refractivity contribution in [3.8, 4) is 5.88 Å². The van der Waals surface area contributed by atoms with Crippen LogP contribution in [0, 0.1) is 6.92 Å². The maximum atomic E-state index is 11.7. The van der Waals surface area contributed by atoms with Gasteiger partial charge in [-0.25, -0.2) is 4.98 Å². The van der Waals surface area contributed by atoms with Crippen molar-refractivity contribution in [2.75, 3.05) is 0 Å². The molecule has 0 saturated carbocycles. The highest BCUT2D eigenvalue weighted by Crippen LogP contribution is 2.23. The van der Waals surface area contributed by atoms with E-state index in [2.05, 4.69) is 9.72 Å². The van der Waals surface area contributed by atoms with E-state index in [1.165, 1.54) is 12.3 Å². The molecule has 0 atom stereocenters. The van der Waals surface area contributed by atoms with E-state index in [4.69, 9.17) is 11.6 Å². The summed E-state index contributed by atoms with van der Waals surface area (Å²) in [4.78, 5) is 3.58. The van der Waals surface area contributed by atoms with Crippen LogP contribution in [0.25, 0.3) is 0 Å². The Morgan fingerprint density at radius 2 is 2.25 bits per heavy atom. The monoisotopic (exact) mass is 193 g/mol. The first-order valence-corrected chi connectivity index (χ1v) is 3.54. The number of alkyl halides is 2. The maximum Gasteiger partial charge on any atom is 0.388 e. The molecule has 0 aliphatic rings. The number of aryl methyl sites for hydroxylation is 1. The van der Waals surface area contributed by atoms with Crippen LogP contribution in [0.5, 0.6) is 5.88 Å². The molecule has 0 amide bonds. The highest BCUT2D eigenvalue weighted by Gasteiger charge is 2.09. The normalized spacial score (nSPS) is 10.4. The number of hydrogen-bond acceptors (Lipinski definition) is 2. The lowest BCUT2D eigenvalue weighted by Crippen LogP contribution is -2.03. The SMILES string of the molecule is Cc1cnc(OC(F)F)c(Cl)c1. The van der Waals surface area contributed by atoms with Crippen LogP contribution in [0.2, 0.25) is 5.02 Å². The number of halogens is 3. The minimum absolute atomic E-state index is 0.0929. The van der Waals surface area contributed by atoms with Crippen LogP contribution in [0.15, 0.2) is 12.3 Å². The molecule has 0 fully saturated rings. The van der Waals surface area contributed by atoms with E-state index in [9.17, 15) is 8.78 Å². The van der Waals surface area contributed by atoms with Gasteiger partial charge >= 0.3 is 6.61 Å². The fourth-order valence-electron chi connectivity index (χ4n) is 0.692. The second-order valence-corrected chi connectivity index (χ2v) is 2.59. The van der Waals surface area contributed by atoms with E-state index in [0.29, 0.717) is 0 Å². The van der Waals surface area contributed by atoms with Gasteiger partial charge in [0.25, 0.3) is 0 Å². The minimum Gasteiger partial charge on any atom is -0.415 e. The molecule has 0 bridgehead atoms. The fourth-order valence-corrected chi connectivity index (χ4v) is 0.958. The molecule has 0 saturated heterocycles. The molecule has 0 spiro atoms. The number of pyridine rings is 1. The summed E-state index contributed by atoms with van der Waals surface area (Å²) in [6.07, 6.45) is 1.41. The fraction of sp³-hybridized carbons (Fsp3) is 0.286. The molecule has 0 unspecified atom stereocenters. The van der Waals surface area contributed by atoms with Crippen LogP contribution in [-0.2, 0) is 0 Å². The van der Waals surface area contributed by atoms with Crippen molar-refractivity contribution in [2.45, 2.75) is 13.5 Å². The third kappa shape index (κ3) is 2.30. The van der Waals surface area contributed by atoms with Gasteiger partial charge in [-0.05, 0) is 18.6 Å². The zero-order chi connectivity index (χ0) is 9.14. The van der Waals surface area contributed by atoms with Crippen LogP contribution >= 0.6 is 11.6 Å². The Morgan fingerprint density at radius 1 is 1.58 bits per heavy atom. The predicted molar refractivity (Wildman–Crippen MR) is 40.6 cm³/mol. The predicted octanol–water partition coefficient (Wildman–Crippen LogP) is 2.64. The molecule has 12 heavy (non-hydrogen) atoms. The second kappa shape index (κ2) is 3.67. The number of nitrogens with zero attached hydrogens (tertiary/aromatic N) is 1. The molecule has 2 nitrogen and oxygen atoms in total. The van der Waals surface area contributed by atoms with E-state index in [1.54, 1.807) is 6.92 Å². The molecule has 5 heteroatoms. The number of rotatable bonds is 2. The Labute approximate surface area is 73.1 Å². The lowest BCUT2D eigenvalue weighted by atomic mass is 10.3. The lowest BCUT2D eigenvalue weighted by molar-refractivity contribution is -0.0527. The van der Waals surface area contributed by atoms with Gasteiger partial charge in [0, 0.05) is 6.20 Å². The third-order valence-electron chi connectivity index (χ3n) is 1.14. The molecule has 0 N–H and O–H groups in total. The van der Waals surface area contributed by atoms with E-state index in [-0.39, 0.29) is 10.9 Å². The molecule has 1 heterocycles. The van der Waals surface area contributed by atoms with Gasteiger partial charge in [-0.1, -0.05) is 11.6 Å². The summed E-state index contributed by atoms with van der Waals surface area (Å²) in [6, 6.07) is 1.51. The zero-order valence-electron chi connectivity index (χ0n) is 6.22. The van der Waals surface area contributed by atoms with Crippen LogP contribution in [0.4, 0.5) is 8.78 Å². The summed E-state index contributed by atoms with van der Waals surface area (Å²) in [5, 5.41) is 0.0929. The molecule has 0 aliphatic heterocycles. The van der Waals surface area contributed by atoms with Gasteiger partial charge in [0.15, 0.2) is 0 Å². The van der Waals surface area contributed by atoms with Gasteiger partial charge in [-0.3, -0.25) is 0 Å². The third-order valence-corrected chi connectivity index (χ3v) is 1.42. The summed E-state index contributed by atoms with van der Waals surface area (Å²) in [7, 11) is 0. The Hall–Kier alpha value is -0.900. The molecule has 1 aromatic heterocycles. The smallest absolute Gasteiger partial charge is 0.388 e. The number of ether oxygens (including phenoxy) is 1. The van der Waals surface area contributed by atoms with Crippen molar-refractivity contribution in [3.63, 3.8) is 0 Å². The zero-order valence-corrected chi connectivity index (χ0v) is 6.98. The molecule has 1 rings (SSSR count). The second-order valence-electron chi connectivity index (χ2n) is 2.18. The first-order valence-electron chi connectivity index (χ1n) is 3.16. The largest absolute Gasteiger partial charge is 0.415 e. The summed E-state index contributed by atoms with van der Waals surface area (Å²) < 4.78 is 27.4. The van der Waals surface area contributed by atoms with E-state index >= 15 is 0 Å². The molecule has 66 valence electrons.